The van der Waals surface area contributed by atoms with Crippen molar-refractivity contribution in [1.29, 1.82) is 0 Å². The van der Waals surface area contributed by atoms with Gasteiger partial charge in [0.15, 0.2) is 0 Å². The Labute approximate surface area is 206 Å². The number of carbonyl (C=O) groups excluding carboxylic acids is 4. The number of carbonyl (C=O) groups is 4. The minimum absolute atomic E-state index is 0.0108. The van der Waals surface area contributed by atoms with Gasteiger partial charge in [-0.2, -0.15) is 0 Å². The summed E-state index contributed by atoms with van der Waals surface area (Å²) in [6.45, 7) is 8.69. The number of nitrogens with one attached hydrogen (secondary N) is 3. The van der Waals surface area contributed by atoms with E-state index in [-0.39, 0.29) is 50.3 Å². The SMILES string of the molecule is CCOC(=O)[C@@H](CCC(=O)NCCO)NC(=O)[C@@H](NC(=O)C(C)(C)c1ccc(Cl)cc1)C(C)C. The highest BCUT2D eigenvalue weighted by Gasteiger charge is 2.35. The van der Waals surface area contributed by atoms with Crippen LogP contribution in [0.4, 0.5) is 0 Å². The highest BCUT2D eigenvalue weighted by atomic mass is 35.5. The van der Waals surface area contributed by atoms with E-state index in [0.717, 1.165) is 5.56 Å². The molecule has 2 atom stereocenters. The van der Waals surface area contributed by atoms with Gasteiger partial charge in [0.2, 0.25) is 17.7 Å². The molecule has 10 heteroatoms. The predicted molar refractivity (Wildman–Crippen MR) is 129 cm³/mol. The second-order valence-corrected chi connectivity index (χ2v) is 9.19. The van der Waals surface area contributed by atoms with Crippen LogP contribution < -0.4 is 16.0 Å². The van der Waals surface area contributed by atoms with Gasteiger partial charge in [-0.15, -0.1) is 0 Å². The van der Waals surface area contributed by atoms with Crippen LogP contribution in [-0.4, -0.2) is 60.6 Å². The minimum atomic E-state index is -1.06. The number of aliphatic hydroxyl groups is 1. The van der Waals surface area contributed by atoms with Crippen molar-refractivity contribution >= 4 is 35.3 Å². The maximum Gasteiger partial charge on any atom is 0.328 e. The zero-order chi connectivity index (χ0) is 25.9. The fourth-order valence-electron chi connectivity index (χ4n) is 3.17. The van der Waals surface area contributed by atoms with Gasteiger partial charge in [-0.3, -0.25) is 14.4 Å². The van der Waals surface area contributed by atoms with Crippen molar-refractivity contribution in [3.8, 4) is 0 Å². The molecule has 1 aromatic rings. The number of esters is 1. The molecule has 0 fully saturated rings. The smallest absolute Gasteiger partial charge is 0.328 e. The second-order valence-electron chi connectivity index (χ2n) is 8.75. The van der Waals surface area contributed by atoms with Gasteiger partial charge in [-0.25, -0.2) is 4.79 Å². The van der Waals surface area contributed by atoms with Gasteiger partial charge in [0.25, 0.3) is 0 Å². The summed E-state index contributed by atoms with van der Waals surface area (Å²) in [5, 5.41) is 17.3. The molecule has 0 bridgehead atoms. The first-order valence-electron chi connectivity index (χ1n) is 11.4. The van der Waals surface area contributed by atoms with E-state index in [1.54, 1.807) is 58.9 Å². The molecule has 0 spiro atoms. The molecule has 3 amide bonds. The van der Waals surface area contributed by atoms with E-state index in [9.17, 15) is 19.2 Å². The Bertz CT molecular complexity index is 842. The third-order valence-electron chi connectivity index (χ3n) is 5.35. The first kappa shape index (κ1) is 29.4. The number of hydrogen-bond acceptors (Lipinski definition) is 6. The van der Waals surface area contributed by atoms with E-state index in [1.807, 2.05) is 0 Å². The number of hydrogen-bond donors (Lipinski definition) is 4. The number of halogens is 1. The summed E-state index contributed by atoms with van der Waals surface area (Å²) in [6.07, 6.45) is -0.0388. The molecule has 1 rings (SSSR count). The molecule has 1 aromatic carbocycles. The van der Waals surface area contributed by atoms with Gasteiger partial charge >= 0.3 is 5.97 Å². The minimum Gasteiger partial charge on any atom is -0.464 e. The van der Waals surface area contributed by atoms with Crippen molar-refractivity contribution in [2.45, 2.75) is 65.0 Å². The molecule has 0 aliphatic carbocycles. The van der Waals surface area contributed by atoms with Crippen LogP contribution in [-0.2, 0) is 29.3 Å². The maximum atomic E-state index is 13.1. The molecule has 9 nitrogen and oxygen atoms in total. The van der Waals surface area contributed by atoms with Crippen LogP contribution in [0.15, 0.2) is 24.3 Å². The van der Waals surface area contributed by atoms with Gasteiger partial charge in [0.1, 0.15) is 12.1 Å². The van der Waals surface area contributed by atoms with Gasteiger partial charge in [0, 0.05) is 18.0 Å². The van der Waals surface area contributed by atoms with E-state index in [4.69, 9.17) is 21.4 Å². The molecule has 0 aliphatic heterocycles. The standard InChI is InChI=1S/C24H36ClN3O6/c1-6-34-22(32)18(11-12-19(30)26-13-14-29)27-21(31)20(15(2)3)28-23(33)24(4,5)16-7-9-17(25)10-8-16/h7-10,15,18,20,29H,6,11-14H2,1-5H3,(H,26,30)(H,27,31)(H,28,33)/t18-,20+/m1/s1. The lowest BCUT2D eigenvalue weighted by Crippen LogP contribution is -2.56. The van der Waals surface area contributed by atoms with E-state index in [0.29, 0.717) is 5.02 Å². The summed E-state index contributed by atoms with van der Waals surface area (Å²) in [6, 6.07) is 4.92. The molecule has 4 N–H and O–H groups in total. The zero-order valence-electron chi connectivity index (χ0n) is 20.4. The fraction of sp³-hybridized carbons (Fsp3) is 0.583. The highest BCUT2D eigenvalue weighted by molar-refractivity contribution is 6.30. The van der Waals surface area contributed by atoms with Crippen molar-refractivity contribution < 1.29 is 29.0 Å². The normalized spacial score (nSPS) is 13.1. The lowest BCUT2D eigenvalue weighted by molar-refractivity contribution is -0.148. The van der Waals surface area contributed by atoms with Crippen LogP contribution in [0.1, 0.15) is 53.0 Å². The van der Waals surface area contributed by atoms with Gasteiger partial charge in [0.05, 0.1) is 18.6 Å². The quantitative estimate of drug-likeness (QED) is 0.306. The van der Waals surface area contributed by atoms with Crippen LogP contribution in [0, 0.1) is 5.92 Å². The molecule has 0 saturated carbocycles. The largest absolute Gasteiger partial charge is 0.464 e. The number of aliphatic hydroxyl groups excluding tert-OH is 1. The molecular formula is C24H36ClN3O6. The topological polar surface area (TPSA) is 134 Å². The van der Waals surface area contributed by atoms with Crippen LogP contribution >= 0.6 is 11.6 Å². The molecule has 0 unspecified atom stereocenters. The summed E-state index contributed by atoms with van der Waals surface area (Å²) in [4.78, 5) is 50.5. The first-order chi connectivity index (χ1) is 15.9. The average Bonchev–Trinajstić information content (AvgIpc) is 2.78. The molecule has 0 aromatic heterocycles. The second kappa shape index (κ2) is 13.9. The van der Waals surface area contributed by atoms with Gasteiger partial charge in [-0.05, 0) is 50.8 Å². The Hall–Kier alpha value is -2.65. The summed E-state index contributed by atoms with van der Waals surface area (Å²) in [7, 11) is 0. The molecule has 0 saturated heterocycles. The predicted octanol–water partition coefficient (Wildman–Crippen LogP) is 1.70. The summed E-state index contributed by atoms with van der Waals surface area (Å²) < 4.78 is 5.04. The zero-order valence-corrected chi connectivity index (χ0v) is 21.2. The Morgan fingerprint density at radius 3 is 2.24 bits per heavy atom. The molecule has 0 radical (unpaired) electrons. The Morgan fingerprint density at radius 2 is 1.71 bits per heavy atom. The summed E-state index contributed by atoms with van der Waals surface area (Å²) >= 11 is 5.95. The van der Waals surface area contributed by atoms with Crippen LogP contribution in [0.25, 0.3) is 0 Å². The van der Waals surface area contributed by atoms with Gasteiger partial charge in [-0.1, -0.05) is 37.6 Å². The Balaban J connectivity index is 2.95. The van der Waals surface area contributed by atoms with Gasteiger partial charge < -0.3 is 25.8 Å². The maximum absolute atomic E-state index is 13.1. The number of ether oxygens (including phenoxy) is 1. The van der Waals surface area contributed by atoms with Crippen molar-refractivity contribution in [2.24, 2.45) is 5.92 Å². The van der Waals surface area contributed by atoms with Crippen molar-refractivity contribution in [2.75, 3.05) is 19.8 Å². The molecule has 190 valence electrons. The van der Waals surface area contributed by atoms with Crippen LogP contribution in [0.2, 0.25) is 5.02 Å². The molecule has 34 heavy (non-hydrogen) atoms. The lowest BCUT2D eigenvalue weighted by atomic mass is 9.83. The van der Waals surface area contributed by atoms with Crippen molar-refractivity contribution in [3.05, 3.63) is 34.9 Å². The van der Waals surface area contributed by atoms with Crippen LogP contribution in [0.5, 0.6) is 0 Å². The number of rotatable bonds is 13. The Morgan fingerprint density at radius 1 is 1.09 bits per heavy atom. The average molecular weight is 498 g/mol. The Kier molecular flexibility index (Phi) is 12.0. The number of amides is 3. The summed E-state index contributed by atoms with van der Waals surface area (Å²) in [5.74, 6) is -2.22. The lowest BCUT2D eigenvalue weighted by Gasteiger charge is -2.30. The van der Waals surface area contributed by atoms with E-state index in [1.165, 1.54) is 0 Å². The molecule has 0 heterocycles. The monoisotopic (exact) mass is 497 g/mol. The van der Waals surface area contributed by atoms with E-state index in [2.05, 4.69) is 16.0 Å². The number of benzene rings is 1. The van der Waals surface area contributed by atoms with E-state index < -0.39 is 29.4 Å². The third kappa shape index (κ3) is 8.95. The summed E-state index contributed by atoms with van der Waals surface area (Å²) in [5.41, 5.74) is -0.209. The molecular weight excluding hydrogens is 462 g/mol. The van der Waals surface area contributed by atoms with Crippen molar-refractivity contribution in [3.63, 3.8) is 0 Å². The first-order valence-corrected chi connectivity index (χ1v) is 11.7. The van der Waals surface area contributed by atoms with Crippen LogP contribution in [0.3, 0.4) is 0 Å². The highest BCUT2D eigenvalue weighted by Crippen LogP contribution is 2.25. The fourth-order valence-corrected chi connectivity index (χ4v) is 3.29. The molecule has 0 aliphatic rings. The van der Waals surface area contributed by atoms with E-state index >= 15 is 0 Å². The third-order valence-corrected chi connectivity index (χ3v) is 5.60. The van der Waals surface area contributed by atoms with Crippen molar-refractivity contribution in [1.82, 2.24) is 16.0 Å².